The summed E-state index contributed by atoms with van der Waals surface area (Å²) >= 11 is 1.46. The molecule has 0 bridgehead atoms. The number of hydrogen-bond acceptors (Lipinski definition) is 7. The summed E-state index contributed by atoms with van der Waals surface area (Å²) in [4.78, 5) is 32.5. The number of amides is 1. The maximum absolute atomic E-state index is 12.8. The molecule has 1 aliphatic heterocycles. The standard InChI is InChI=1S/C19H22N6OS/c1-13-12-16(23(2)3)22-19(20-13)25-10-8-24(9-11-25)18(26)17-21-14-6-4-5-7-15(14)27-17/h4-7,12H,8-11H2,1-3H3. The van der Waals surface area contributed by atoms with Crippen molar-refractivity contribution < 1.29 is 4.79 Å². The van der Waals surface area contributed by atoms with Gasteiger partial charge in [0.15, 0.2) is 5.01 Å². The van der Waals surface area contributed by atoms with Gasteiger partial charge in [0.1, 0.15) is 5.82 Å². The molecule has 0 N–H and O–H groups in total. The predicted octanol–water partition coefficient (Wildman–Crippen LogP) is 2.42. The summed E-state index contributed by atoms with van der Waals surface area (Å²) in [7, 11) is 3.94. The van der Waals surface area contributed by atoms with Crippen LogP contribution in [0, 0.1) is 6.92 Å². The van der Waals surface area contributed by atoms with Crippen molar-refractivity contribution in [2.45, 2.75) is 6.92 Å². The highest BCUT2D eigenvalue weighted by Crippen LogP contribution is 2.23. The summed E-state index contributed by atoms with van der Waals surface area (Å²) in [6, 6.07) is 9.82. The molecular weight excluding hydrogens is 360 g/mol. The minimum absolute atomic E-state index is 0.00925. The lowest BCUT2D eigenvalue weighted by atomic mass is 10.3. The third-order valence-corrected chi connectivity index (χ3v) is 5.64. The number of rotatable bonds is 3. The van der Waals surface area contributed by atoms with Crippen molar-refractivity contribution in [2.24, 2.45) is 0 Å². The Labute approximate surface area is 162 Å². The van der Waals surface area contributed by atoms with Crippen LogP contribution in [0.25, 0.3) is 10.2 Å². The van der Waals surface area contributed by atoms with E-state index in [-0.39, 0.29) is 5.91 Å². The molecule has 8 heteroatoms. The summed E-state index contributed by atoms with van der Waals surface area (Å²) in [6.07, 6.45) is 0. The number of thiazole rings is 1. The van der Waals surface area contributed by atoms with E-state index in [1.165, 1.54) is 11.3 Å². The number of aryl methyl sites for hydroxylation is 1. The molecule has 1 fully saturated rings. The van der Waals surface area contributed by atoms with Gasteiger partial charge in [-0.3, -0.25) is 4.79 Å². The molecule has 7 nitrogen and oxygen atoms in total. The average Bonchev–Trinajstić information content (AvgIpc) is 3.11. The highest BCUT2D eigenvalue weighted by molar-refractivity contribution is 7.20. The number of carbonyl (C=O) groups excluding carboxylic acids is 1. The van der Waals surface area contributed by atoms with E-state index >= 15 is 0 Å². The summed E-state index contributed by atoms with van der Waals surface area (Å²) in [5.74, 6) is 1.63. The molecule has 1 saturated heterocycles. The van der Waals surface area contributed by atoms with E-state index in [4.69, 9.17) is 0 Å². The van der Waals surface area contributed by atoms with E-state index in [1.807, 2.05) is 61.2 Å². The van der Waals surface area contributed by atoms with Crippen LogP contribution in [0.15, 0.2) is 30.3 Å². The Morgan fingerprint density at radius 1 is 1.07 bits per heavy atom. The number of hydrogen-bond donors (Lipinski definition) is 0. The molecule has 2 aromatic heterocycles. The minimum Gasteiger partial charge on any atom is -0.363 e. The third-order valence-electron chi connectivity index (χ3n) is 4.61. The zero-order chi connectivity index (χ0) is 19.0. The van der Waals surface area contributed by atoms with Crippen molar-refractivity contribution in [3.05, 3.63) is 41.0 Å². The molecule has 1 aromatic carbocycles. The summed E-state index contributed by atoms with van der Waals surface area (Å²) < 4.78 is 1.05. The molecule has 1 aliphatic rings. The largest absolute Gasteiger partial charge is 0.363 e. The molecule has 0 atom stereocenters. The van der Waals surface area contributed by atoms with E-state index in [9.17, 15) is 4.79 Å². The van der Waals surface area contributed by atoms with Gasteiger partial charge in [-0.15, -0.1) is 11.3 Å². The Kier molecular flexibility index (Phi) is 4.65. The number of piperazine rings is 1. The van der Waals surface area contributed by atoms with Crippen LogP contribution < -0.4 is 9.80 Å². The molecule has 0 saturated carbocycles. The molecule has 4 rings (SSSR count). The highest BCUT2D eigenvalue weighted by atomic mass is 32.1. The maximum Gasteiger partial charge on any atom is 0.282 e. The topological polar surface area (TPSA) is 65.5 Å². The summed E-state index contributed by atoms with van der Waals surface area (Å²) in [6.45, 7) is 4.69. The molecule has 3 aromatic rings. The van der Waals surface area contributed by atoms with E-state index in [1.54, 1.807) is 0 Å². The van der Waals surface area contributed by atoms with Gasteiger partial charge >= 0.3 is 0 Å². The number of anilines is 2. The molecule has 0 aliphatic carbocycles. The summed E-state index contributed by atoms with van der Waals surface area (Å²) in [5, 5.41) is 0.561. The molecular formula is C19H22N6OS. The van der Waals surface area contributed by atoms with Crippen LogP contribution in [-0.2, 0) is 0 Å². The SMILES string of the molecule is Cc1cc(N(C)C)nc(N2CCN(C(=O)c3nc4ccccc4s3)CC2)n1. The molecule has 1 amide bonds. The van der Waals surface area contributed by atoms with Gasteiger partial charge in [-0.2, -0.15) is 4.98 Å². The number of para-hydroxylation sites is 1. The summed E-state index contributed by atoms with van der Waals surface area (Å²) in [5.41, 5.74) is 1.82. The van der Waals surface area contributed by atoms with Crippen LogP contribution in [0.5, 0.6) is 0 Å². The Balaban J connectivity index is 1.46. The number of benzene rings is 1. The van der Waals surface area contributed by atoms with Gasteiger partial charge in [0, 0.05) is 52.0 Å². The lowest BCUT2D eigenvalue weighted by molar-refractivity contribution is 0.0746. The van der Waals surface area contributed by atoms with Gasteiger partial charge in [-0.05, 0) is 19.1 Å². The first-order chi connectivity index (χ1) is 13.0. The number of aromatic nitrogens is 3. The van der Waals surface area contributed by atoms with Gasteiger partial charge in [0.2, 0.25) is 5.95 Å². The molecule has 0 spiro atoms. The predicted molar refractivity (Wildman–Crippen MR) is 109 cm³/mol. The third kappa shape index (κ3) is 3.57. The number of fused-ring (bicyclic) bond motifs is 1. The van der Waals surface area contributed by atoms with Crippen molar-refractivity contribution in [1.29, 1.82) is 0 Å². The first kappa shape index (κ1) is 17.7. The monoisotopic (exact) mass is 382 g/mol. The van der Waals surface area contributed by atoms with Crippen LogP contribution in [-0.4, -0.2) is 66.0 Å². The normalized spacial score (nSPS) is 14.6. The quantitative estimate of drug-likeness (QED) is 0.693. The second-order valence-electron chi connectivity index (χ2n) is 6.83. The van der Waals surface area contributed by atoms with E-state index in [0.29, 0.717) is 31.2 Å². The molecule has 3 heterocycles. The average molecular weight is 382 g/mol. The van der Waals surface area contributed by atoms with Crippen LogP contribution >= 0.6 is 11.3 Å². The van der Waals surface area contributed by atoms with Crippen LogP contribution in [0.1, 0.15) is 15.5 Å². The van der Waals surface area contributed by atoms with Gasteiger partial charge in [-0.1, -0.05) is 12.1 Å². The van der Waals surface area contributed by atoms with E-state index in [0.717, 1.165) is 27.7 Å². The van der Waals surface area contributed by atoms with Crippen LogP contribution in [0.2, 0.25) is 0 Å². The van der Waals surface area contributed by atoms with Gasteiger partial charge in [-0.25, -0.2) is 9.97 Å². The fourth-order valence-corrected chi connectivity index (χ4v) is 4.05. The van der Waals surface area contributed by atoms with E-state index in [2.05, 4.69) is 19.9 Å². The Bertz CT molecular complexity index is 944. The van der Waals surface area contributed by atoms with Gasteiger partial charge in [0.25, 0.3) is 5.91 Å². The van der Waals surface area contributed by atoms with Crippen LogP contribution in [0.4, 0.5) is 11.8 Å². The fourth-order valence-electron chi connectivity index (χ4n) is 3.12. The first-order valence-electron chi connectivity index (χ1n) is 8.94. The zero-order valence-corrected chi connectivity index (χ0v) is 16.5. The zero-order valence-electron chi connectivity index (χ0n) is 15.7. The second-order valence-corrected chi connectivity index (χ2v) is 7.86. The van der Waals surface area contributed by atoms with Crippen molar-refractivity contribution in [3.63, 3.8) is 0 Å². The number of nitrogens with zero attached hydrogens (tertiary/aromatic N) is 6. The second kappa shape index (κ2) is 7.11. The minimum atomic E-state index is 0.00925. The Morgan fingerprint density at radius 2 is 1.81 bits per heavy atom. The maximum atomic E-state index is 12.8. The van der Waals surface area contributed by atoms with Crippen LogP contribution in [0.3, 0.4) is 0 Å². The van der Waals surface area contributed by atoms with Gasteiger partial charge < -0.3 is 14.7 Å². The Morgan fingerprint density at radius 3 is 2.52 bits per heavy atom. The molecule has 0 unspecified atom stereocenters. The number of carbonyl (C=O) groups is 1. The smallest absolute Gasteiger partial charge is 0.282 e. The molecule has 0 radical (unpaired) electrons. The van der Waals surface area contributed by atoms with Crippen molar-refractivity contribution in [2.75, 3.05) is 50.1 Å². The molecule has 27 heavy (non-hydrogen) atoms. The van der Waals surface area contributed by atoms with Crippen molar-refractivity contribution in [3.8, 4) is 0 Å². The van der Waals surface area contributed by atoms with Crippen molar-refractivity contribution in [1.82, 2.24) is 19.9 Å². The highest BCUT2D eigenvalue weighted by Gasteiger charge is 2.26. The lowest BCUT2D eigenvalue weighted by Crippen LogP contribution is -2.49. The molecule has 140 valence electrons. The van der Waals surface area contributed by atoms with E-state index < -0.39 is 0 Å². The Hall–Kier alpha value is -2.74. The van der Waals surface area contributed by atoms with Gasteiger partial charge in [0.05, 0.1) is 10.2 Å². The van der Waals surface area contributed by atoms with Crippen molar-refractivity contribution >= 4 is 39.2 Å². The lowest BCUT2D eigenvalue weighted by Gasteiger charge is -2.34. The first-order valence-corrected chi connectivity index (χ1v) is 9.76. The fraction of sp³-hybridized carbons (Fsp3) is 0.368.